The van der Waals surface area contributed by atoms with Crippen LogP contribution in [0.3, 0.4) is 0 Å². The van der Waals surface area contributed by atoms with Crippen molar-refractivity contribution in [2.75, 3.05) is 39.9 Å². The van der Waals surface area contributed by atoms with Gasteiger partial charge in [-0.15, -0.1) is 0 Å². The summed E-state index contributed by atoms with van der Waals surface area (Å²) < 4.78 is 11.1. The Labute approximate surface area is 153 Å². The highest BCUT2D eigenvalue weighted by molar-refractivity contribution is 5.42. The van der Waals surface area contributed by atoms with Gasteiger partial charge in [-0.1, -0.05) is 13.3 Å². The summed E-state index contributed by atoms with van der Waals surface area (Å²) in [5.74, 6) is 2.65. The molecule has 4 heteroatoms. The van der Waals surface area contributed by atoms with E-state index >= 15 is 0 Å². The molecule has 1 aromatic carbocycles. The van der Waals surface area contributed by atoms with Crippen LogP contribution in [0.25, 0.3) is 0 Å². The number of ether oxygens (including phenoxy) is 2. The molecule has 1 aliphatic carbocycles. The summed E-state index contributed by atoms with van der Waals surface area (Å²) in [4.78, 5) is 3.58. The van der Waals surface area contributed by atoms with Crippen molar-refractivity contribution in [1.82, 2.24) is 0 Å². The van der Waals surface area contributed by atoms with Gasteiger partial charge in [0.25, 0.3) is 0 Å². The van der Waals surface area contributed by atoms with E-state index in [2.05, 4.69) is 19.1 Å². The average Bonchev–Trinajstić information content (AvgIpc) is 2.63. The maximum atomic E-state index is 5.73. The smallest absolute Gasteiger partial charge is 0.161 e. The van der Waals surface area contributed by atoms with Crippen LogP contribution in [0, 0.1) is 5.92 Å². The third kappa shape index (κ3) is 4.89. The molecule has 1 saturated heterocycles. The Balaban J connectivity index is 1.52. The third-order valence-corrected chi connectivity index (χ3v) is 6.10. The van der Waals surface area contributed by atoms with Gasteiger partial charge in [0.05, 0.1) is 19.8 Å². The van der Waals surface area contributed by atoms with Crippen LogP contribution in [-0.4, -0.2) is 45.9 Å². The number of piperazine rings is 1. The van der Waals surface area contributed by atoms with E-state index in [1.165, 1.54) is 57.4 Å². The zero-order chi connectivity index (χ0) is 17.6. The fraction of sp³-hybridized carbons (Fsp3) is 0.714. The standard InChI is InChI=1S/C21H34N2O2/c1-4-25-21-15-18(8-9-20(21)24-3)16-22-10-12-23(13-11-22)19-7-5-6-17(2)14-19/h8-9,15,17,19H,4-7,10-14,16H2,1-3H3/p+2/t17-,19+/m1/s1. The second kappa shape index (κ2) is 8.91. The Hall–Kier alpha value is -1.26. The van der Waals surface area contributed by atoms with Gasteiger partial charge in [-0.2, -0.15) is 0 Å². The Bertz CT molecular complexity index is 541. The summed E-state index contributed by atoms with van der Waals surface area (Å²) >= 11 is 0. The average molecular weight is 349 g/mol. The van der Waals surface area contributed by atoms with Gasteiger partial charge in [0.2, 0.25) is 0 Å². The van der Waals surface area contributed by atoms with Crippen LogP contribution in [0.4, 0.5) is 0 Å². The molecule has 1 heterocycles. The molecule has 1 saturated carbocycles. The SMILES string of the molecule is CCOc1cc(C[NH+]2CC[NH+]([C@H]3CCC[C@@H](C)C3)CC2)ccc1OC. The van der Waals surface area contributed by atoms with Crippen LogP contribution in [0.5, 0.6) is 11.5 Å². The first-order chi connectivity index (χ1) is 12.2. The van der Waals surface area contributed by atoms with Crippen molar-refractivity contribution in [3.8, 4) is 11.5 Å². The molecule has 0 aromatic heterocycles. The minimum atomic E-state index is 0.675. The van der Waals surface area contributed by atoms with Crippen molar-refractivity contribution in [2.45, 2.75) is 52.1 Å². The van der Waals surface area contributed by atoms with Crippen LogP contribution in [-0.2, 0) is 6.54 Å². The van der Waals surface area contributed by atoms with Crippen LogP contribution < -0.4 is 19.3 Å². The number of hydrogen-bond acceptors (Lipinski definition) is 2. The molecule has 25 heavy (non-hydrogen) atoms. The maximum absolute atomic E-state index is 5.73. The highest BCUT2D eigenvalue weighted by Crippen LogP contribution is 2.27. The van der Waals surface area contributed by atoms with Crippen molar-refractivity contribution in [3.63, 3.8) is 0 Å². The van der Waals surface area contributed by atoms with Crippen molar-refractivity contribution in [3.05, 3.63) is 23.8 Å². The second-order valence-electron chi connectivity index (χ2n) is 7.97. The number of quaternary nitrogens is 2. The normalized spacial score (nSPS) is 30.0. The maximum Gasteiger partial charge on any atom is 0.161 e. The number of hydrogen-bond donors (Lipinski definition) is 2. The van der Waals surface area contributed by atoms with E-state index in [1.54, 1.807) is 12.0 Å². The molecule has 1 aromatic rings. The first-order valence-electron chi connectivity index (χ1n) is 10.2. The molecule has 1 aliphatic heterocycles. The van der Waals surface area contributed by atoms with Gasteiger partial charge >= 0.3 is 0 Å². The predicted molar refractivity (Wildman–Crippen MR) is 101 cm³/mol. The van der Waals surface area contributed by atoms with Gasteiger partial charge < -0.3 is 19.3 Å². The van der Waals surface area contributed by atoms with Crippen molar-refractivity contribution in [1.29, 1.82) is 0 Å². The van der Waals surface area contributed by atoms with Gasteiger partial charge in [0, 0.05) is 12.0 Å². The van der Waals surface area contributed by atoms with Gasteiger partial charge in [-0.3, -0.25) is 0 Å². The summed E-state index contributed by atoms with van der Waals surface area (Å²) in [6.45, 7) is 11.5. The molecule has 2 N–H and O–H groups in total. The number of methoxy groups -OCH3 is 1. The molecule has 2 fully saturated rings. The zero-order valence-electron chi connectivity index (χ0n) is 16.3. The Morgan fingerprint density at radius 1 is 1.08 bits per heavy atom. The highest BCUT2D eigenvalue weighted by atomic mass is 16.5. The quantitative estimate of drug-likeness (QED) is 0.801. The van der Waals surface area contributed by atoms with E-state index in [0.717, 1.165) is 30.0 Å². The second-order valence-corrected chi connectivity index (χ2v) is 7.97. The summed E-state index contributed by atoms with van der Waals surface area (Å²) in [5, 5.41) is 0. The van der Waals surface area contributed by atoms with Gasteiger partial charge in [-0.25, -0.2) is 0 Å². The minimum absolute atomic E-state index is 0.675. The van der Waals surface area contributed by atoms with E-state index in [4.69, 9.17) is 9.47 Å². The molecule has 2 atom stereocenters. The summed E-state index contributed by atoms with van der Waals surface area (Å²) in [6.07, 6.45) is 5.78. The van der Waals surface area contributed by atoms with Gasteiger partial charge in [-0.05, 0) is 43.9 Å². The molecular weight excluding hydrogens is 312 g/mol. The van der Waals surface area contributed by atoms with Crippen molar-refractivity contribution >= 4 is 0 Å². The first-order valence-corrected chi connectivity index (χ1v) is 10.2. The lowest BCUT2D eigenvalue weighted by Gasteiger charge is -2.37. The number of nitrogens with one attached hydrogen (secondary N) is 2. The Morgan fingerprint density at radius 2 is 1.88 bits per heavy atom. The number of benzene rings is 1. The Kier molecular flexibility index (Phi) is 6.60. The first kappa shape index (κ1) is 18.5. The molecule has 0 unspecified atom stereocenters. The van der Waals surface area contributed by atoms with E-state index < -0.39 is 0 Å². The number of rotatable bonds is 6. The largest absolute Gasteiger partial charge is 0.493 e. The Morgan fingerprint density at radius 3 is 2.56 bits per heavy atom. The zero-order valence-corrected chi connectivity index (χ0v) is 16.3. The lowest BCUT2D eigenvalue weighted by Crippen LogP contribution is -3.29. The van der Waals surface area contributed by atoms with Gasteiger partial charge in [0.15, 0.2) is 11.5 Å². The van der Waals surface area contributed by atoms with E-state index in [1.807, 2.05) is 17.9 Å². The van der Waals surface area contributed by atoms with Crippen LogP contribution >= 0.6 is 0 Å². The summed E-state index contributed by atoms with van der Waals surface area (Å²) in [5.41, 5.74) is 1.36. The highest BCUT2D eigenvalue weighted by Gasteiger charge is 2.32. The minimum Gasteiger partial charge on any atom is -0.493 e. The fourth-order valence-corrected chi connectivity index (χ4v) is 4.70. The predicted octanol–water partition coefficient (Wildman–Crippen LogP) is 0.956. The molecule has 0 spiro atoms. The fourth-order valence-electron chi connectivity index (χ4n) is 4.70. The van der Waals surface area contributed by atoms with E-state index in [0.29, 0.717) is 6.61 Å². The van der Waals surface area contributed by atoms with Crippen LogP contribution in [0.1, 0.15) is 45.1 Å². The van der Waals surface area contributed by atoms with Gasteiger partial charge in [0.1, 0.15) is 32.7 Å². The molecular formula is C21H36N2O2+2. The van der Waals surface area contributed by atoms with Crippen molar-refractivity contribution < 1.29 is 19.3 Å². The lowest BCUT2D eigenvalue weighted by molar-refractivity contribution is -1.03. The molecule has 4 nitrogen and oxygen atoms in total. The topological polar surface area (TPSA) is 27.3 Å². The molecule has 2 aliphatic rings. The summed E-state index contributed by atoms with van der Waals surface area (Å²) in [7, 11) is 1.71. The molecule has 0 amide bonds. The van der Waals surface area contributed by atoms with Crippen LogP contribution in [0.15, 0.2) is 18.2 Å². The molecule has 0 radical (unpaired) electrons. The summed E-state index contributed by atoms with van der Waals surface area (Å²) in [6, 6.07) is 7.33. The van der Waals surface area contributed by atoms with E-state index in [-0.39, 0.29) is 0 Å². The third-order valence-electron chi connectivity index (χ3n) is 6.10. The van der Waals surface area contributed by atoms with Crippen molar-refractivity contribution in [2.24, 2.45) is 5.92 Å². The van der Waals surface area contributed by atoms with Crippen LogP contribution in [0.2, 0.25) is 0 Å². The molecule has 0 bridgehead atoms. The lowest BCUT2D eigenvalue weighted by atomic mass is 9.86. The van der Waals surface area contributed by atoms with E-state index in [9.17, 15) is 0 Å². The monoisotopic (exact) mass is 348 g/mol. The molecule has 3 rings (SSSR count). The molecule has 140 valence electrons.